The summed E-state index contributed by atoms with van der Waals surface area (Å²) in [5, 5.41) is 5.07. The van der Waals surface area contributed by atoms with Gasteiger partial charge in [0.15, 0.2) is 0 Å². The number of hydrogen-bond donors (Lipinski definition) is 3. The van der Waals surface area contributed by atoms with E-state index >= 15 is 0 Å². The van der Waals surface area contributed by atoms with E-state index < -0.39 is 0 Å². The van der Waals surface area contributed by atoms with E-state index in [0.717, 1.165) is 0 Å². The Hall–Kier alpha value is -0.0700. The van der Waals surface area contributed by atoms with Crippen LogP contribution >= 0.6 is 21.8 Å². The summed E-state index contributed by atoms with van der Waals surface area (Å²) in [7, 11) is 6.43. The van der Waals surface area contributed by atoms with E-state index in [9.17, 15) is 4.79 Å². The SMILES string of the molecule is CNSSCNC(=O)NC. The van der Waals surface area contributed by atoms with Crippen LogP contribution in [0.15, 0.2) is 0 Å². The summed E-state index contributed by atoms with van der Waals surface area (Å²) >= 11 is 0. The summed E-state index contributed by atoms with van der Waals surface area (Å²) in [4.78, 5) is 10.5. The molecule has 0 radical (unpaired) electrons. The van der Waals surface area contributed by atoms with Crippen molar-refractivity contribution in [2.24, 2.45) is 0 Å². The molecule has 0 aliphatic rings. The van der Waals surface area contributed by atoms with Crippen molar-refractivity contribution in [3.63, 3.8) is 0 Å². The number of carbonyl (C=O) groups excluding carboxylic acids is 1. The predicted molar refractivity (Wildman–Crippen MR) is 46.7 cm³/mol. The average Bonchev–Trinajstić information content (AvgIpc) is 1.98. The smallest absolute Gasteiger partial charge is 0.315 e. The molecule has 0 bridgehead atoms. The summed E-state index contributed by atoms with van der Waals surface area (Å²) in [5.74, 6) is 0.602. The Balaban J connectivity index is 2.96. The molecule has 4 nitrogen and oxygen atoms in total. The first-order valence-electron chi connectivity index (χ1n) is 2.72. The molecule has 0 unspecified atom stereocenters. The molecule has 2 amide bonds. The monoisotopic (exact) mass is 181 g/mol. The third kappa shape index (κ3) is 6.06. The van der Waals surface area contributed by atoms with E-state index in [0.29, 0.717) is 5.88 Å². The Morgan fingerprint density at radius 2 is 2.20 bits per heavy atom. The zero-order valence-electron chi connectivity index (χ0n) is 5.93. The minimum absolute atomic E-state index is 0.149. The summed E-state index contributed by atoms with van der Waals surface area (Å²) in [5.41, 5.74) is 0. The number of nitrogens with one attached hydrogen (secondary N) is 3. The molecular weight excluding hydrogens is 170 g/mol. The van der Waals surface area contributed by atoms with E-state index in [-0.39, 0.29) is 6.03 Å². The fourth-order valence-corrected chi connectivity index (χ4v) is 1.35. The quantitative estimate of drug-likeness (QED) is 0.254. The lowest BCUT2D eigenvalue weighted by molar-refractivity contribution is 0.244. The van der Waals surface area contributed by atoms with Gasteiger partial charge in [-0.25, -0.2) is 4.79 Å². The predicted octanol–water partition coefficient (Wildman–Crippen LogP) is 0.389. The van der Waals surface area contributed by atoms with Gasteiger partial charge in [-0.2, -0.15) is 0 Å². The third-order valence-corrected chi connectivity index (χ3v) is 2.41. The first-order valence-corrected chi connectivity index (χ1v) is 5.04. The molecule has 0 aromatic rings. The molecule has 0 heterocycles. The lowest BCUT2D eigenvalue weighted by atomic mass is 11.0. The van der Waals surface area contributed by atoms with Gasteiger partial charge in [0.2, 0.25) is 0 Å². The van der Waals surface area contributed by atoms with Crippen LogP contribution in [0.3, 0.4) is 0 Å². The summed E-state index contributed by atoms with van der Waals surface area (Å²) in [6, 6.07) is -0.149. The van der Waals surface area contributed by atoms with Crippen molar-refractivity contribution in [2.45, 2.75) is 0 Å². The maximum Gasteiger partial charge on any atom is 0.315 e. The van der Waals surface area contributed by atoms with Gasteiger partial charge >= 0.3 is 6.03 Å². The van der Waals surface area contributed by atoms with Crippen LogP contribution in [-0.4, -0.2) is 26.0 Å². The number of rotatable bonds is 4. The molecule has 0 aromatic carbocycles. The van der Waals surface area contributed by atoms with Crippen molar-refractivity contribution in [2.75, 3.05) is 20.0 Å². The topological polar surface area (TPSA) is 53.2 Å². The van der Waals surface area contributed by atoms with E-state index in [1.165, 1.54) is 21.8 Å². The first-order chi connectivity index (χ1) is 4.81. The highest BCUT2D eigenvalue weighted by molar-refractivity contribution is 8.76. The van der Waals surface area contributed by atoms with E-state index in [2.05, 4.69) is 15.4 Å². The van der Waals surface area contributed by atoms with Gasteiger partial charge in [-0.05, 0) is 18.0 Å². The van der Waals surface area contributed by atoms with Gasteiger partial charge in [-0.15, -0.1) is 0 Å². The molecule has 0 atom stereocenters. The van der Waals surface area contributed by atoms with Crippen molar-refractivity contribution in [1.82, 2.24) is 15.4 Å². The molecule has 10 heavy (non-hydrogen) atoms. The lowest BCUT2D eigenvalue weighted by Crippen LogP contribution is -2.32. The van der Waals surface area contributed by atoms with Crippen LogP contribution < -0.4 is 15.4 Å². The van der Waals surface area contributed by atoms with Gasteiger partial charge in [-0.3, -0.25) is 4.72 Å². The second kappa shape index (κ2) is 7.04. The maximum atomic E-state index is 10.5. The highest BCUT2D eigenvalue weighted by atomic mass is 33.1. The molecule has 6 heteroatoms. The van der Waals surface area contributed by atoms with Crippen molar-refractivity contribution in [3.05, 3.63) is 0 Å². The zero-order valence-corrected chi connectivity index (χ0v) is 7.56. The Labute approximate surface area is 68.4 Å². The van der Waals surface area contributed by atoms with Crippen LogP contribution in [0.4, 0.5) is 4.79 Å². The van der Waals surface area contributed by atoms with Crippen LogP contribution in [0, 0.1) is 0 Å². The zero-order chi connectivity index (χ0) is 7.82. The maximum absolute atomic E-state index is 10.5. The molecule has 0 saturated heterocycles. The molecule has 0 saturated carbocycles. The van der Waals surface area contributed by atoms with E-state index in [1.54, 1.807) is 7.05 Å². The van der Waals surface area contributed by atoms with Crippen LogP contribution in [0.2, 0.25) is 0 Å². The van der Waals surface area contributed by atoms with Crippen LogP contribution in [0.5, 0.6) is 0 Å². The highest BCUT2D eigenvalue weighted by Gasteiger charge is 1.92. The number of carbonyl (C=O) groups is 1. The van der Waals surface area contributed by atoms with Gasteiger partial charge in [0.25, 0.3) is 0 Å². The van der Waals surface area contributed by atoms with Gasteiger partial charge in [0, 0.05) is 7.05 Å². The van der Waals surface area contributed by atoms with E-state index in [4.69, 9.17) is 0 Å². The fraction of sp³-hybridized carbons (Fsp3) is 0.750. The second-order valence-corrected chi connectivity index (χ2v) is 3.61. The average molecular weight is 181 g/mol. The third-order valence-electron chi connectivity index (χ3n) is 0.661. The Morgan fingerprint density at radius 1 is 1.50 bits per heavy atom. The van der Waals surface area contributed by atoms with Crippen molar-refractivity contribution >= 4 is 27.8 Å². The molecular formula is C4H11N3OS2. The standard InChI is InChI=1S/C4H11N3OS2/c1-5-4(8)7-3-9-10-6-2/h6H,3H2,1-2H3,(H2,5,7,8). The molecule has 0 aliphatic heterocycles. The minimum Gasteiger partial charge on any atom is -0.341 e. The summed E-state index contributed by atoms with van der Waals surface area (Å²) < 4.78 is 2.87. The number of urea groups is 1. The highest BCUT2D eigenvalue weighted by Crippen LogP contribution is 2.13. The Morgan fingerprint density at radius 3 is 2.70 bits per heavy atom. The second-order valence-electron chi connectivity index (χ2n) is 1.31. The molecule has 0 aliphatic carbocycles. The van der Waals surface area contributed by atoms with Crippen LogP contribution in [-0.2, 0) is 0 Å². The van der Waals surface area contributed by atoms with Crippen LogP contribution in [0.25, 0.3) is 0 Å². The Bertz CT molecular complexity index is 101. The molecule has 0 spiro atoms. The molecule has 3 N–H and O–H groups in total. The van der Waals surface area contributed by atoms with E-state index in [1.807, 2.05) is 7.05 Å². The first kappa shape index (κ1) is 9.93. The molecule has 0 aromatic heterocycles. The van der Waals surface area contributed by atoms with Gasteiger partial charge in [0.05, 0.1) is 5.88 Å². The lowest BCUT2D eigenvalue weighted by Gasteiger charge is -2.01. The van der Waals surface area contributed by atoms with Crippen molar-refractivity contribution < 1.29 is 4.79 Å². The van der Waals surface area contributed by atoms with Gasteiger partial charge in [-0.1, -0.05) is 10.8 Å². The Kier molecular flexibility index (Phi) is 6.99. The van der Waals surface area contributed by atoms with Crippen LogP contribution in [0.1, 0.15) is 0 Å². The summed E-state index contributed by atoms with van der Waals surface area (Å²) in [6.07, 6.45) is 0. The fourth-order valence-electron chi connectivity index (χ4n) is 0.272. The van der Waals surface area contributed by atoms with Gasteiger partial charge < -0.3 is 10.6 Å². The van der Waals surface area contributed by atoms with Crippen molar-refractivity contribution in [3.8, 4) is 0 Å². The summed E-state index contributed by atoms with van der Waals surface area (Å²) in [6.45, 7) is 0. The van der Waals surface area contributed by atoms with Crippen molar-refractivity contribution in [1.29, 1.82) is 0 Å². The number of hydrogen-bond acceptors (Lipinski definition) is 4. The molecule has 0 fully saturated rings. The molecule has 0 rings (SSSR count). The molecule has 60 valence electrons. The normalized spacial score (nSPS) is 9.00. The minimum atomic E-state index is -0.149. The largest absolute Gasteiger partial charge is 0.341 e. The number of amides is 2. The van der Waals surface area contributed by atoms with Gasteiger partial charge in [0.1, 0.15) is 0 Å².